The Bertz CT molecular complexity index is 610. The van der Waals surface area contributed by atoms with Crippen molar-refractivity contribution >= 4 is 10.2 Å². The third kappa shape index (κ3) is 35.5. The van der Waals surface area contributed by atoms with E-state index in [4.69, 9.17) is 0 Å². The largest absolute Gasteiger partial charge is 0.276 e. The van der Waals surface area contributed by atoms with Crippen molar-refractivity contribution in [1.29, 1.82) is 0 Å². The summed E-state index contributed by atoms with van der Waals surface area (Å²) >= 11 is 0. The second kappa shape index (κ2) is 33.8. The van der Waals surface area contributed by atoms with Crippen molar-refractivity contribution in [3.05, 3.63) is 24.3 Å². The van der Waals surface area contributed by atoms with Gasteiger partial charge < -0.3 is 0 Å². The van der Waals surface area contributed by atoms with Gasteiger partial charge in [-0.3, -0.25) is 0 Å². The van der Waals surface area contributed by atoms with E-state index in [0.717, 1.165) is 25.7 Å². The predicted molar refractivity (Wildman–Crippen MR) is 184 cm³/mol. The minimum atomic E-state index is -3.34. The zero-order valence-electron chi connectivity index (χ0n) is 27.7. The van der Waals surface area contributed by atoms with Gasteiger partial charge in [-0.05, 0) is 64.2 Å². The molecule has 0 spiro atoms. The second-order valence-corrected chi connectivity index (χ2v) is 13.8. The van der Waals surface area contributed by atoms with Crippen LogP contribution in [0.25, 0.3) is 0 Å². The molecular formula is C36H72N2O2S. The molecule has 41 heavy (non-hydrogen) atoms. The third-order valence-corrected chi connectivity index (χ3v) is 9.13. The van der Waals surface area contributed by atoms with Gasteiger partial charge in [0.2, 0.25) is 0 Å². The molecule has 0 fully saturated rings. The zero-order chi connectivity index (χ0) is 30.0. The number of rotatable bonds is 34. The van der Waals surface area contributed by atoms with Crippen molar-refractivity contribution in [3.8, 4) is 0 Å². The molecule has 0 heterocycles. The Morgan fingerprint density at radius 3 is 0.902 bits per heavy atom. The fourth-order valence-corrected chi connectivity index (χ4v) is 6.14. The summed E-state index contributed by atoms with van der Waals surface area (Å²) < 4.78 is 29.6. The van der Waals surface area contributed by atoms with E-state index in [1.165, 1.54) is 154 Å². The Labute approximate surface area is 258 Å². The number of allylic oxidation sites excluding steroid dienone is 4. The maximum Gasteiger partial charge on any atom is 0.276 e. The average molecular weight is 597 g/mol. The van der Waals surface area contributed by atoms with Crippen molar-refractivity contribution in [2.75, 3.05) is 13.1 Å². The Morgan fingerprint density at radius 2 is 0.610 bits per heavy atom. The van der Waals surface area contributed by atoms with Gasteiger partial charge in [0.25, 0.3) is 10.2 Å². The van der Waals surface area contributed by atoms with Crippen molar-refractivity contribution in [1.82, 2.24) is 9.44 Å². The molecule has 5 heteroatoms. The van der Waals surface area contributed by atoms with Crippen LogP contribution in [0, 0.1) is 0 Å². The van der Waals surface area contributed by atoms with E-state index in [1.54, 1.807) is 0 Å². The first kappa shape index (κ1) is 40.4. The Hall–Kier alpha value is -0.650. The van der Waals surface area contributed by atoms with Gasteiger partial charge in [0.1, 0.15) is 0 Å². The SMILES string of the molecule is CCCCCCCCC=CCCCCCCCCNS(=O)(=O)NCCCCCCCCC=CCCCCCCCC. The van der Waals surface area contributed by atoms with Gasteiger partial charge in [0.05, 0.1) is 0 Å². The molecule has 0 rings (SSSR count). The quantitative estimate of drug-likeness (QED) is 0.0573. The summed E-state index contributed by atoms with van der Waals surface area (Å²) in [5.74, 6) is 0. The number of unbranched alkanes of at least 4 members (excludes halogenated alkanes) is 24. The Balaban J connectivity index is 3.35. The van der Waals surface area contributed by atoms with Gasteiger partial charge in [-0.25, -0.2) is 9.44 Å². The lowest BCUT2D eigenvalue weighted by Crippen LogP contribution is -2.37. The van der Waals surface area contributed by atoms with Crippen LogP contribution in [0.4, 0.5) is 0 Å². The maximum absolute atomic E-state index is 12.1. The summed E-state index contributed by atoms with van der Waals surface area (Å²) in [5.41, 5.74) is 0. The van der Waals surface area contributed by atoms with Crippen LogP contribution < -0.4 is 9.44 Å². The van der Waals surface area contributed by atoms with Crippen molar-refractivity contribution < 1.29 is 8.42 Å². The second-order valence-electron chi connectivity index (χ2n) is 12.2. The third-order valence-electron chi connectivity index (χ3n) is 7.96. The molecule has 4 nitrogen and oxygen atoms in total. The highest BCUT2D eigenvalue weighted by Crippen LogP contribution is 2.11. The van der Waals surface area contributed by atoms with E-state index in [-0.39, 0.29) is 0 Å². The molecule has 0 aromatic rings. The Kier molecular flexibility index (Phi) is 33.3. The van der Waals surface area contributed by atoms with Crippen molar-refractivity contribution in [3.63, 3.8) is 0 Å². The van der Waals surface area contributed by atoms with Crippen molar-refractivity contribution in [2.45, 2.75) is 194 Å². The minimum absolute atomic E-state index is 0.546. The topological polar surface area (TPSA) is 58.2 Å². The van der Waals surface area contributed by atoms with Crippen LogP contribution in [0.1, 0.15) is 194 Å². The first-order valence-corrected chi connectivity index (χ1v) is 19.6. The highest BCUT2D eigenvalue weighted by molar-refractivity contribution is 7.87. The summed E-state index contributed by atoms with van der Waals surface area (Å²) in [6.07, 6.45) is 45.0. The highest BCUT2D eigenvalue weighted by Gasteiger charge is 2.07. The first-order valence-electron chi connectivity index (χ1n) is 18.2. The summed E-state index contributed by atoms with van der Waals surface area (Å²) in [5, 5.41) is 0. The Morgan fingerprint density at radius 1 is 0.366 bits per heavy atom. The lowest BCUT2D eigenvalue weighted by atomic mass is 10.1. The number of hydrogen-bond acceptors (Lipinski definition) is 2. The van der Waals surface area contributed by atoms with Crippen LogP contribution in [-0.4, -0.2) is 21.5 Å². The van der Waals surface area contributed by atoms with E-state index < -0.39 is 10.2 Å². The van der Waals surface area contributed by atoms with Crippen LogP contribution in [0.2, 0.25) is 0 Å². The minimum Gasteiger partial charge on any atom is -0.202 e. The maximum atomic E-state index is 12.1. The van der Waals surface area contributed by atoms with Gasteiger partial charge in [-0.15, -0.1) is 0 Å². The average Bonchev–Trinajstić information content (AvgIpc) is 2.96. The molecule has 0 aliphatic carbocycles. The number of hydrogen-bond donors (Lipinski definition) is 2. The van der Waals surface area contributed by atoms with Gasteiger partial charge in [-0.2, -0.15) is 8.42 Å². The fourth-order valence-electron chi connectivity index (χ4n) is 5.21. The van der Waals surface area contributed by atoms with Crippen LogP contribution in [0.15, 0.2) is 24.3 Å². The normalized spacial score (nSPS) is 12.3. The van der Waals surface area contributed by atoms with E-state index in [2.05, 4.69) is 47.6 Å². The van der Waals surface area contributed by atoms with E-state index in [9.17, 15) is 8.42 Å². The van der Waals surface area contributed by atoms with Crippen molar-refractivity contribution in [2.24, 2.45) is 0 Å². The summed E-state index contributed by atoms with van der Waals surface area (Å²) in [6.45, 7) is 5.63. The fraction of sp³-hybridized carbons (Fsp3) is 0.889. The zero-order valence-corrected chi connectivity index (χ0v) is 28.6. The summed E-state index contributed by atoms with van der Waals surface area (Å²) in [7, 11) is -3.34. The molecule has 0 aromatic heterocycles. The molecule has 0 atom stereocenters. The summed E-state index contributed by atoms with van der Waals surface area (Å²) in [6, 6.07) is 0. The van der Waals surface area contributed by atoms with E-state index >= 15 is 0 Å². The summed E-state index contributed by atoms with van der Waals surface area (Å²) in [4.78, 5) is 0. The van der Waals surface area contributed by atoms with Crippen LogP contribution in [-0.2, 0) is 10.2 Å². The molecule has 244 valence electrons. The van der Waals surface area contributed by atoms with Crippen LogP contribution in [0.5, 0.6) is 0 Å². The molecule has 0 aromatic carbocycles. The van der Waals surface area contributed by atoms with E-state index in [0.29, 0.717) is 13.1 Å². The monoisotopic (exact) mass is 597 g/mol. The predicted octanol–water partition coefficient (Wildman–Crippen LogP) is 11.5. The molecule has 0 aliphatic rings. The van der Waals surface area contributed by atoms with Gasteiger partial charge >= 0.3 is 0 Å². The highest BCUT2D eigenvalue weighted by atomic mass is 32.2. The molecule has 0 saturated heterocycles. The lowest BCUT2D eigenvalue weighted by Gasteiger charge is -2.08. The van der Waals surface area contributed by atoms with E-state index in [1.807, 2.05) is 0 Å². The van der Waals surface area contributed by atoms with Gasteiger partial charge in [0, 0.05) is 13.1 Å². The van der Waals surface area contributed by atoms with Crippen LogP contribution in [0.3, 0.4) is 0 Å². The standard InChI is InChI=1S/C36H72N2O2S/c1-3-5-7-9-11-13-15-17-19-21-23-25-27-29-31-33-35-37-41(39,40)38-36-34-32-30-28-26-24-22-20-18-16-14-12-10-8-6-4-2/h17-20,37-38H,3-16,21-36H2,1-2H3. The smallest absolute Gasteiger partial charge is 0.202 e. The molecular weight excluding hydrogens is 524 g/mol. The molecule has 0 amide bonds. The lowest BCUT2D eigenvalue weighted by molar-refractivity contribution is 0.546. The van der Waals surface area contributed by atoms with Gasteiger partial charge in [0.15, 0.2) is 0 Å². The number of nitrogens with one attached hydrogen (secondary N) is 2. The molecule has 0 aliphatic heterocycles. The molecule has 0 saturated carbocycles. The van der Waals surface area contributed by atoms with Gasteiger partial charge in [-0.1, -0.05) is 154 Å². The molecule has 0 bridgehead atoms. The molecule has 0 unspecified atom stereocenters. The molecule has 0 radical (unpaired) electrons. The molecule has 2 N–H and O–H groups in total. The van der Waals surface area contributed by atoms with Crippen LogP contribution >= 0.6 is 0 Å². The first-order chi connectivity index (χ1) is 20.1.